The molecule has 0 bridgehead atoms. The Morgan fingerprint density at radius 2 is 1.67 bits per heavy atom. The highest BCUT2D eigenvalue weighted by atomic mass is 16.2. The fraction of sp³-hybridized carbons (Fsp3) is 0.652. The summed E-state index contributed by atoms with van der Waals surface area (Å²) in [6.45, 7) is 8.98. The van der Waals surface area contributed by atoms with Crippen LogP contribution < -0.4 is 0 Å². The van der Waals surface area contributed by atoms with Gasteiger partial charge < -0.3 is 4.48 Å². The van der Waals surface area contributed by atoms with Crippen LogP contribution in [0.4, 0.5) is 0 Å². The van der Waals surface area contributed by atoms with Gasteiger partial charge in [-0.2, -0.15) is 0 Å². The Balaban J connectivity index is 1.92. The summed E-state index contributed by atoms with van der Waals surface area (Å²) in [6.07, 6.45) is 4.03. The van der Waals surface area contributed by atoms with Gasteiger partial charge in [0.1, 0.15) is 0 Å². The van der Waals surface area contributed by atoms with Crippen molar-refractivity contribution in [2.24, 2.45) is 11.8 Å². The molecule has 1 heterocycles. The number of quaternary nitrogens is 1. The quantitative estimate of drug-likeness (QED) is 0.458. The molecule has 0 aliphatic carbocycles. The molecule has 4 nitrogen and oxygen atoms in total. The van der Waals surface area contributed by atoms with E-state index < -0.39 is 0 Å². The van der Waals surface area contributed by atoms with Crippen molar-refractivity contribution < 1.29 is 14.1 Å². The first-order chi connectivity index (χ1) is 12.8. The summed E-state index contributed by atoms with van der Waals surface area (Å²) in [4.78, 5) is 27.1. The van der Waals surface area contributed by atoms with Gasteiger partial charge in [-0.25, -0.2) is 0 Å². The van der Waals surface area contributed by atoms with E-state index in [1.165, 1.54) is 23.3 Å². The second-order valence-electron chi connectivity index (χ2n) is 8.86. The third-order valence-corrected chi connectivity index (χ3v) is 6.08. The highest BCUT2D eigenvalue weighted by Crippen LogP contribution is 2.34. The van der Waals surface area contributed by atoms with Gasteiger partial charge in [0, 0.05) is 18.9 Å². The van der Waals surface area contributed by atoms with Crippen LogP contribution in [0.2, 0.25) is 0 Å². The minimum Gasteiger partial charge on any atom is -0.328 e. The van der Waals surface area contributed by atoms with Crippen molar-refractivity contribution in [3.8, 4) is 0 Å². The second-order valence-corrected chi connectivity index (χ2v) is 8.86. The Hall–Kier alpha value is -1.68. The van der Waals surface area contributed by atoms with Crippen LogP contribution in [0.3, 0.4) is 0 Å². The van der Waals surface area contributed by atoms with Gasteiger partial charge in [-0.1, -0.05) is 57.5 Å². The highest BCUT2D eigenvalue weighted by Gasteiger charge is 2.45. The molecule has 0 aromatic heterocycles. The van der Waals surface area contributed by atoms with E-state index in [-0.39, 0.29) is 29.6 Å². The molecule has 1 aliphatic rings. The van der Waals surface area contributed by atoms with E-state index in [4.69, 9.17) is 0 Å². The number of nitrogens with zero attached hydrogens (tertiary/aromatic N) is 2. The first kappa shape index (κ1) is 21.6. The lowest BCUT2D eigenvalue weighted by atomic mass is 9.85. The number of imide groups is 1. The number of carbonyl (C=O) groups excluding carboxylic acids is 2. The summed E-state index contributed by atoms with van der Waals surface area (Å²) in [5.74, 6) is -0.0557. The van der Waals surface area contributed by atoms with Crippen LogP contribution in [0.15, 0.2) is 30.3 Å². The predicted molar refractivity (Wildman–Crippen MR) is 110 cm³/mol. The number of carbonyl (C=O) groups is 2. The molecule has 1 saturated heterocycles. The average Bonchev–Trinajstić information content (AvgIpc) is 2.85. The van der Waals surface area contributed by atoms with E-state index in [0.29, 0.717) is 6.54 Å². The summed E-state index contributed by atoms with van der Waals surface area (Å²) in [5.41, 5.74) is 1.23. The normalized spacial score (nSPS) is 21.7. The van der Waals surface area contributed by atoms with E-state index in [2.05, 4.69) is 40.1 Å². The largest absolute Gasteiger partial charge is 0.328 e. The third kappa shape index (κ3) is 5.65. The molecule has 1 aliphatic heterocycles. The molecule has 3 atom stereocenters. The second kappa shape index (κ2) is 9.50. The SMILES string of the molecule is CCCC[N+](C)(C)CCCN1C(=O)C(C)C(CC(C)c2ccccc2)C1=O. The van der Waals surface area contributed by atoms with Crippen LogP contribution in [0.25, 0.3) is 0 Å². The van der Waals surface area contributed by atoms with Gasteiger partial charge in [0.05, 0.1) is 33.1 Å². The lowest BCUT2D eigenvalue weighted by Gasteiger charge is -2.30. The third-order valence-electron chi connectivity index (χ3n) is 6.08. The molecule has 150 valence electrons. The molecule has 0 N–H and O–H groups in total. The highest BCUT2D eigenvalue weighted by molar-refractivity contribution is 6.04. The predicted octanol–water partition coefficient (Wildman–Crippen LogP) is 4.07. The van der Waals surface area contributed by atoms with Gasteiger partial charge in [-0.05, 0) is 24.3 Å². The number of benzene rings is 1. The van der Waals surface area contributed by atoms with Crippen molar-refractivity contribution in [1.82, 2.24) is 4.90 Å². The number of amides is 2. The Labute approximate surface area is 165 Å². The first-order valence-corrected chi connectivity index (χ1v) is 10.5. The Morgan fingerprint density at radius 3 is 2.30 bits per heavy atom. The van der Waals surface area contributed by atoms with Crippen LogP contribution >= 0.6 is 0 Å². The van der Waals surface area contributed by atoms with Gasteiger partial charge >= 0.3 is 0 Å². The van der Waals surface area contributed by atoms with Crippen molar-refractivity contribution in [3.05, 3.63) is 35.9 Å². The van der Waals surface area contributed by atoms with E-state index in [0.717, 1.165) is 30.4 Å². The molecule has 4 heteroatoms. The van der Waals surface area contributed by atoms with Crippen molar-refractivity contribution in [1.29, 1.82) is 0 Å². The minimum absolute atomic E-state index is 0.0177. The standard InChI is InChI=1S/C23H37N2O2/c1-6-7-15-25(4,5)16-11-14-24-22(26)19(3)21(23(24)27)17-18(2)20-12-9-8-10-13-20/h8-10,12-13,18-19,21H,6-7,11,14-17H2,1-5H3/q+1. The number of rotatable bonds is 10. The monoisotopic (exact) mass is 373 g/mol. The number of hydrogen-bond acceptors (Lipinski definition) is 2. The molecule has 0 radical (unpaired) electrons. The van der Waals surface area contributed by atoms with E-state index in [9.17, 15) is 9.59 Å². The van der Waals surface area contributed by atoms with Crippen molar-refractivity contribution in [2.45, 2.75) is 52.4 Å². The van der Waals surface area contributed by atoms with Crippen LogP contribution in [-0.2, 0) is 9.59 Å². The molecule has 27 heavy (non-hydrogen) atoms. The van der Waals surface area contributed by atoms with E-state index >= 15 is 0 Å². The van der Waals surface area contributed by atoms with Crippen LogP contribution in [0.5, 0.6) is 0 Å². The number of unbranched alkanes of at least 4 members (excludes halogenated alkanes) is 1. The molecule has 0 spiro atoms. The zero-order chi connectivity index (χ0) is 20.0. The molecule has 1 fully saturated rings. The summed E-state index contributed by atoms with van der Waals surface area (Å²) in [6, 6.07) is 10.3. The van der Waals surface area contributed by atoms with Crippen molar-refractivity contribution in [3.63, 3.8) is 0 Å². The maximum Gasteiger partial charge on any atom is 0.233 e. The number of likely N-dealkylation sites (tertiary alicyclic amines) is 1. The first-order valence-electron chi connectivity index (χ1n) is 10.5. The van der Waals surface area contributed by atoms with E-state index in [1.807, 2.05) is 25.1 Å². The maximum atomic E-state index is 12.9. The summed E-state index contributed by atoms with van der Waals surface area (Å²) in [7, 11) is 4.46. The van der Waals surface area contributed by atoms with Gasteiger partial charge in [-0.15, -0.1) is 0 Å². The smallest absolute Gasteiger partial charge is 0.233 e. The lowest BCUT2D eigenvalue weighted by molar-refractivity contribution is -0.890. The molecule has 3 unspecified atom stereocenters. The molecule has 2 rings (SSSR count). The molecule has 1 aromatic rings. The summed E-state index contributed by atoms with van der Waals surface area (Å²) >= 11 is 0. The maximum absolute atomic E-state index is 12.9. The molecular weight excluding hydrogens is 336 g/mol. The molecule has 1 aromatic carbocycles. The van der Waals surface area contributed by atoms with Crippen LogP contribution in [0.1, 0.15) is 57.9 Å². The van der Waals surface area contributed by atoms with Crippen molar-refractivity contribution >= 4 is 11.8 Å². The van der Waals surface area contributed by atoms with Crippen LogP contribution in [0, 0.1) is 11.8 Å². The fourth-order valence-corrected chi connectivity index (χ4v) is 4.12. The summed E-state index contributed by atoms with van der Waals surface area (Å²) < 4.78 is 0.952. The zero-order valence-corrected chi connectivity index (χ0v) is 17.8. The van der Waals surface area contributed by atoms with Crippen LogP contribution in [-0.4, -0.2) is 54.9 Å². The molecule has 0 saturated carbocycles. The Morgan fingerprint density at radius 1 is 1.04 bits per heavy atom. The van der Waals surface area contributed by atoms with Gasteiger partial charge in [0.15, 0.2) is 0 Å². The van der Waals surface area contributed by atoms with Gasteiger partial charge in [-0.3, -0.25) is 14.5 Å². The topological polar surface area (TPSA) is 37.4 Å². The van der Waals surface area contributed by atoms with Gasteiger partial charge in [0.25, 0.3) is 0 Å². The molecular formula is C23H37N2O2+. The molecule has 2 amide bonds. The minimum atomic E-state index is -0.203. The fourth-order valence-electron chi connectivity index (χ4n) is 4.12. The zero-order valence-electron chi connectivity index (χ0n) is 17.8. The lowest BCUT2D eigenvalue weighted by Crippen LogP contribution is -2.43. The Bertz CT molecular complexity index is 627. The number of hydrogen-bond donors (Lipinski definition) is 0. The van der Waals surface area contributed by atoms with E-state index in [1.54, 1.807) is 0 Å². The van der Waals surface area contributed by atoms with Crippen molar-refractivity contribution in [2.75, 3.05) is 33.7 Å². The Kier molecular flexibility index (Phi) is 7.60. The summed E-state index contributed by atoms with van der Waals surface area (Å²) in [5, 5.41) is 0. The average molecular weight is 374 g/mol. The van der Waals surface area contributed by atoms with Gasteiger partial charge in [0.2, 0.25) is 11.8 Å².